The van der Waals surface area contributed by atoms with E-state index in [1.165, 1.54) is 0 Å². The molecular formula is C14H18N4O. The molecule has 2 aromatic rings. The second kappa shape index (κ2) is 5.01. The first kappa shape index (κ1) is 12.2. The monoisotopic (exact) mass is 258 g/mol. The van der Waals surface area contributed by atoms with Crippen molar-refractivity contribution in [3.05, 3.63) is 30.1 Å². The number of nitrogens with zero attached hydrogens (tertiary/aromatic N) is 2. The summed E-state index contributed by atoms with van der Waals surface area (Å²) in [5.74, 6) is 0.0743. The summed E-state index contributed by atoms with van der Waals surface area (Å²) in [5.41, 5.74) is 2.50. The van der Waals surface area contributed by atoms with Gasteiger partial charge < -0.3 is 15.2 Å². The Morgan fingerprint density at radius 1 is 1.47 bits per heavy atom. The molecule has 0 radical (unpaired) electrons. The fourth-order valence-electron chi connectivity index (χ4n) is 2.60. The molecule has 0 saturated carbocycles. The molecule has 100 valence electrons. The zero-order chi connectivity index (χ0) is 13.2. The van der Waals surface area contributed by atoms with Crippen LogP contribution in [0.4, 0.5) is 0 Å². The van der Waals surface area contributed by atoms with Crippen molar-refractivity contribution in [2.45, 2.75) is 18.9 Å². The molecule has 1 unspecified atom stereocenters. The molecule has 1 aromatic carbocycles. The average molecular weight is 258 g/mol. The van der Waals surface area contributed by atoms with E-state index in [-0.39, 0.29) is 5.91 Å². The normalized spacial score (nSPS) is 19.5. The number of amides is 1. The van der Waals surface area contributed by atoms with Crippen LogP contribution in [-0.4, -0.2) is 47.0 Å². The molecular weight excluding hydrogens is 240 g/mol. The molecule has 2 N–H and O–H groups in total. The summed E-state index contributed by atoms with van der Waals surface area (Å²) in [6.45, 7) is 1.94. The maximum Gasteiger partial charge on any atom is 0.253 e. The molecule has 5 nitrogen and oxygen atoms in total. The first-order chi connectivity index (χ1) is 9.25. The maximum absolute atomic E-state index is 12.5. The van der Waals surface area contributed by atoms with Gasteiger partial charge in [0.2, 0.25) is 0 Å². The summed E-state index contributed by atoms with van der Waals surface area (Å²) in [5, 5.41) is 3.34. The van der Waals surface area contributed by atoms with Crippen LogP contribution in [0.3, 0.4) is 0 Å². The fraction of sp³-hybridized carbons (Fsp3) is 0.429. The predicted molar refractivity (Wildman–Crippen MR) is 74.1 cm³/mol. The molecule has 1 aliphatic rings. The molecule has 1 fully saturated rings. The van der Waals surface area contributed by atoms with Gasteiger partial charge in [-0.05, 0) is 37.6 Å². The lowest BCUT2D eigenvalue weighted by atomic mass is 10.1. The summed E-state index contributed by atoms with van der Waals surface area (Å²) in [4.78, 5) is 21.5. The average Bonchev–Trinajstić information content (AvgIpc) is 2.94. The number of aromatic nitrogens is 2. The third-order valence-corrected chi connectivity index (χ3v) is 3.81. The van der Waals surface area contributed by atoms with Gasteiger partial charge in [-0.2, -0.15) is 0 Å². The number of piperidine rings is 1. The van der Waals surface area contributed by atoms with E-state index in [1.54, 1.807) is 6.33 Å². The summed E-state index contributed by atoms with van der Waals surface area (Å²) < 4.78 is 0. The lowest BCUT2D eigenvalue weighted by Crippen LogP contribution is -2.46. The molecule has 1 aromatic heterocycles. The van der Waals surface area contributed by atoms with Gasteiger partial charge >= 0.3 is 0 Å². The zero-order valence-electron chi connectivity index (χ0n) is 11.0. The van der Waals surface area contributed by atoms with Gasteiger partial charge in [0.15, 0.2) is 0 Å². The van der Waals surface area contributed by atoms with Gasteiger partial charge in [-0.15, -0.1) is 0 Å². The number of hydrogen-bond donors (Lipinski definition) is 2. The SMILES string of the molecule is CN(C(=O)c1ccc2nc[nH]c2c1)C1CCCNC1. The van der Waals surface area contributed by atoms with E-state index in [4.69, 9.17) is 0 Å². The number of hydrogen-bond acceptors (Lipinski definition) is 3. The second-order valence-electron chi connectivity index (χ2n) is 5.05. The molecule has 19 heavy (non-hydrogen) atoms. The molecule has 1 amide bonds. The van der Waals surface area contributed by atoms with Gasteiger partial charge in [0, 0.05) is 25.2 Å². The molecule has 2 heterocycles. The minimum atomic E-state index is 0.0743. The van der Waals surface area contributed by atoms with Gasteiger partial charge in [0.25, 0.3) is 5.91 Å². The van der Waals surface area contributed by atoms with Gasteiger partial charge in [0.1, 0.15) is 0 Å². The number of carbonyl (C=O) groups excluding carboxylic acids is 1. The standard InChI is InChI=1S/C14H18N4O/c1-18(11-3-2-6-15-8-11)14(19)10-4-5-12-13(7-10)17-9-16-12/h4-5,7,9,11,15H,2-3,6,8H2,1H3,(H,16,17). The van der Waals surface area contributed by atoms with E-state index in [9.17, 15) is 4.79 Å². The lowest BCUT2D eigenvalue weighted by Gasteiger charge is -2.31. The first-order valence-corrected chi connectivity index (χ1v) is 6.67. The Labute approximate surface area is 112 Å². The Morgan fingerprint density at radius 3 is 3.16 bits per heavy atom. The van der Waals surface area contributed by atoms with Crippen molar-refractivity contribution in [1.82, 2.24) is 20.2 Å². The van der Waals surface area contributed by atoms with E-state index in [1.807, 2.05) is 30.1 Å². The van der Waals surface area contributed by atoms with Crippen molar-refractivity contribution < 1.29 is 4.79 Å². The van der Waals surface area contributed by atoms with Crippen LogP contribution >= 0.6 is 0 Å². The van der Waals surface area contributed by atoms with Crippen molar-refractivity contribution in [2.75, 3.05) is 20.1 Å². The number of likely N-dealkylation sites (N-methyl/N-ethyl adjacent to an activating group) is 1. The van der Waals surface area contributed by atoms with Crippen LogP contribution in [0.15, 0.2) is 24.5 Å². The fourth-order valence-corrected chi connectivity index (χ4v) is 2.60. The van der Waals surface area contributed by atoms with E-state index >= 15 is 0 Å². The Bertz CT molecular complexity index is 586. The van der Waals surface area contributed by atoms with Gasteiger partial charge in [-0.1, -0.05) is 0 Å². The number of aromatic amines is 1. The summed E-state index contributed by atoms with van der Waals surface area (Å²) in [6, 6.07) is 5.89. The molecule has 1 saturated heterocycles. The highest BCUT2D eigenvalue weighted by Gasteiger charge is 2.22. The number of H-pyrrole nitrogens is 1. The first-order valence-electron chi connectivity index (χ1n) is 6.67. The smallest absolute Gasteiger partial charge is 0.253 e. The predicted octanol–water partition coefficient (Wildman–Crippen LogP) is 1.39. The molecule has 0 bridgehead atoms. The molecule has 3 rings (SSSR count). The molecule has 5 heteroatoms. The highest BCUT2D eigenvalue weighted by Crippen LogP contribution is 2.16. The second-order valence-corrected chi connectivity index (χ2v) is 5.05. The van der Waals surface area contributed by atoms with Crippen molar-refractivity contribution in [3.63, 3.8) is 0 Å². The van der Waals surface area contributed by atoms with Crippen molar-refractivity contribution in [3.8, 4) is 0 Å². The van der Waals surface area contributed by atoms with Crippen LogP contribution in [0, 0.1) is 0 Å². The highest BCUT2D eigenvalue weighted by molar-refractivity contribution is 5.97. The van der Waals surface area contributed by atoms with E-state index in [2.05, 4.69) is 15.3 Å². The number of benzene rings is 1. The largest absolute Gasteiger partial charge is 0.345 e. The minimum Gasteiger partial charge on any atom is -0.345 e. The molecule has 1 aliphatic heterocycles. The Hall–Kier alpha value is -1.88. The molecule has 0 spiro atoms. The highest BCUT2D eigenvalue weighted by atomic mass is 16.2. The summed E-state index contributed by atoms with van der Waals surface area (Å²) in [6.07, 6.45) is 3.84. The number of rotatable bonds is 2. The molecule has 0 aliphatic carbocycles. The van der Waals surface area contributed by atoms with Gasteiger partial charge in [-0.25, -0.2) is 4.98 Å². The van der Waals surface area contributed by atoms with E-state index < -0.39 is 0 Å². The topological polar surface area (TPSA) is 61.0 Å². The maximum atomic E-state index is 12.5. The van der Waals surface area contributed by atoms with Crippen LogP contribution in [-0.2, 0) is 0 Å². The lowest BCUT2D eigenvalue weighted by molar-refractivity contribution is 0.0708. The van der Waals surface area contributed by atoms with Crippen LogP contribution < -0.4 is 5.32 Å². The minimum absolute atomic E-state index is 0.0743. The number of imidazole rings is 1. The van der Waals surface area contributed by atoms with Gasteiger partial charge in [-0.3, -0.25) is 4.79 Å². The van der Waals surface area contributed by atoms with Gasteiger partial charge in [0.05, 0.1) is 17.4 Å². The third kappa shape index (κ3) is 2.33. The number of nitrogens with one attached hydrogen (secondary N) is 2. The summed E-state index contributed by atoms with van der Waals surface area (Å²) >= 11 is 0. The van der Waals surface area contributed by atoms with Crippen molar-refractivity contribution >= 4 is 16.9 Å². The van der Waals surface area contributed by atoms with Crippen LogP contribution in [0.1, 0.15) is 23.2 Å². The molecule has 1 atom stereocenters. The van der Waals surface area contributed by atoms with Crippen LogP contribution in [0.2, 0.25) is 0 Å². The zero-order valence-corrected chi connectivity index (χ0v) is 11.0. The van der Waals surface area contributed by atoms with E-state index in [0.29, 0.717) is 11.6 Å². The van der Waals surface area contributed by atoms with Crippen LogP contribution in [0.5, 0.6) is 0 Å². The van der Waals surface area contributed by atoms with Crippen molar-refractivity contribution in [2.24, 2.45) is 0 Å². The Morgan fingerprint density at radius 2 is 2.37 bits per heavy atom. The summed E-state index contributed by atoms with van der Waals surface area (Å²) in [7, 11) is 1.89. The number of carbonyl (C=O) groups is 1. The van der Waals surface area contributed by atoms with Crippen molar-refractivity contribution in [1.29, 1.82) is 0 Å². The quantitative estimate of drug-likeness (QED) is 0.855. The van der Waals surface area contributed by atoms with E-state index in [0.717, 1.165) is 37.0 Å². The third-order valence-electron chi connectivity index (χ3n) is 3.81. The van der Waals surface area contributed by atoms with Crippen LogP contribution in [0.25, 0.3) is 11.0 Å². The Balaban J connectivity index is 1.81. The Kier molecular flexibility index (Phi) is 3.21. The number of fused-ring (bicyclic) bond motifs is 1.